The van der Waals surface area contributed by atoms with Crippen LogP contribution in [0.1, 0.15) is 39.5 Å². The second kappa shape index (κ2) is 7.14. The number of nitrogens with zero attached hydrogens (tertiary/aromatic N) is 1. The Labute approximate surface area is 97.8 Å². The SMILES string of the molecule is CCSCCC(C)NC1CCCC1C#N. The zero-order chi connectivity index (χ0) is 11.1. The van der Waals surface area contributed by atoms with Crippen LogP contribution in [0.15, 0.2) is 0 Å². The van der Waals surface area contributed by atoms with Gasteiger partial charge in [0.1, 0.15) is 0 Å². The van der Waals surface area contributed by atoms with Gasteiger partial charge in [-0.15, -0.1) is 0 Å². The van der Waals surface area contributed by atoms with E-state index >= 15 is 0 Å². The van der Waals surface area contributed by atoms with Crippen molar-refractivity contribution in [2.75, 3.05) is 11.5 Å². The van der Waals surface area contributed by atoms with Crippen molar-refractivity contribution in [3.05, 3.63) is 0 Å². The van der Waals surface area contributed by atoms with Crippen LogP contribution in [0.25, 0.3) is 0 Å². The van der Waals surface area contributed by atoms with Crippen LogP contribution in [-0.4, -0.2) is 23.6 Å². The molecule has 3 unspecified atom stereocenters. The van der Waals surface area contributed by atoms with Gasteiger partial charge in [-0.2, -0.15) is 17.0 Å². The number of nitrogens with one attached hydrogen (secondary N) is 1. The fourth-order valence-corrected chi connectivity index (χ4v) is 2.98. The van der Waals surface area contributed by atoms with E-state index in [1.165, 1.54) is 30.8 Å². The van der Waals surface area contributed by atoms with Gasteiger partial charge < -0.3 is 5.32 Å². The van der Waals surface area contributed by atoms with Crippen LogP contribution in [-0.2, 0) is 0 Å². The molecular weight excluding hydrogens is 204 g/mol. The molecule has 1 N–H and O–H groups in total. The molecule has 0 saturated heterocycles. The minimum atomic E-state index is 0.256. The lowest BCUT2D eigenvalue weighted by Gasteiger charge is -2.21. The van der Waals surface area contributed by atoms with Gasteiger partial charge in [0.2, 0.25) is 0 Å². The van der Waals surface area contributed by atoms with Gasteiger partial charge in [-0.3, -0.25) is 0 Å². The molecular formula is C12H22N2S. The number of hydrogen-bond acceptors (Lipinski definition) is 3. The Morgan fingerprint density at radius 3 is 3.00 bits per heavy atom. The number of nitriles is 1. The summed E-state index contributed by atoms with van der Waals surface area (Å²) in [6.07, 6.45) is 4.70. The zero-order valence-corrected chi connectivity index (χ0v) is 10.6. The van der Waals surface area contributed by atoms with Gasteiger partial charge in [0.25, 0.3) is 0 Å². The van der Waals surface area contributed by atoms with Crippen LogP contribution in [0.2, 0.25) is 0 Å². The largest absolute Gasteiger partial charge is 0.310 e. The average Bonchev–Trinajstić information content (AvgIpc) is 2.65. The van der Waals surface area contributed by atoms with Gasteiger partial charge in [-0.1, -0.05) is 13.3 Å². The lowest BCUT2D eigenvalue weighted by Crippen LogP contribution is -2.38. The molecule has 0 amide bonds. The highest BCUT2D eigenvalue weighted by molar-refractivity contribution is 7.99. The zero-order valence-electron chi connectivity index (χ0n) is 9.83. The predicted octanol–water partition coefficient (Wildman–Crippen LogP) is 2.80. The molecule has 0 aromatic carbocycles. The summed E-state index contributed by atoms with van der Waals surface area (Å²) in [5.41, 5.74) is 0. The van der Waals surface area contributed by atoms with Crippen molar-refractivity contribution < 1.29 is 0 Å². The minimum absolute atomic E-state index is 0.256. The average molecular weight is 226 g/mol. The Kier molecular flexibility index (Phi) is 6.12. The first-order chi connectivity index (χ1) is 7.27. The normalized spacial score (nSPS) is 27.5. The molecule has 1 saturated carbocycles. The Balaban J connectivity index is 2.19. The summed E-state index contributed by atoms with van der Waals surface area (Å²) in [6, 6.07) is 3.43. The summed E-state index contributed by atoms with van der Waals surface area (Å²) in [6.45, 7) is 4.44. The van der Waals surface area contributed by atoms with E-state index < -0.39 is 0 Å². The molecule has 0 spiro atoms. The van der Waals surface area contributed by atoms with E-state index in [1.54, 1.807) is 0 Å². The third-order valence-corrected chi connectivity index (χ3v) is 4.01. The number of hydrogen-bond donors (Lipinski definition) is 1. The van der Waals surface area contributed by atoms with Crippen molar-refractivity contribution in [2.45, 2.75) is 51.6 Å². The molecule has 1 rings (SSSR count). The van der Waals surface area contributed by atoms with Gasteiger partial charge in [0, 0.05) is 12.1 Å². The summed E-state index contributed by atoms with van der Waals surface area (Å²) in [4.78, 5) is 0. The maximum Gasteiger partial charge on any atom is 0.0672 e. The van der Waals surface area contributed by atoms with Gasteiger partial charge in [-0.25, -0.2) is 0 Å². The van der Waals surface area contributed by atoms with Crippen molar-refractivity contribution in [1.29, 1.82) is 5.26 Å². The lowest BCUT2D eigenvalue weighted by atomic mass is 10.0. The van der Waals surface area contributed by atoms with Crippen LogP contribution in [0, 0.1) is 17.2 Å². The van der Waals surface area contributed by atoms with Crippen molar-refractivity contribution in [1.82, 2.24) is 5.32 Å². The molecule has 0 aromatic heterocycles. The summed E-state index contributed by atoms with van der Waals surface area (Å²) >= 11 is 2.00. The number of thioether (sulfide) groups is 1. The summed E-state index contributed by atoms with van der Waals surface area (Å²) in [5, 5.41) is 12.6. The van der Waals surface area contributed by atoms with Gasteiger partial charge >= 0.3 is 0 Å². The quantitative estimate of drug-likeness (QED) is 0.707. The molecule has 86 valence electrons. The molecule has 3 atom stereocenters. The Morgan fingerprint density at radius 1 is 1.53 bits per heavy atom. The van der Waals surface area contributed by atoms with Crippen molar-refractivity contribution >= 4 is 11.8 Å². The molecule has 0 aromatic rings. The summed E-state index contributed by atoms with van der Waals surface area (Å²) in [7, 11) is 0. The molecule has 1 aliphatic rings. The monoisotopic (exact) mass is 226 g/mol. The molecule has 0 heterocycles. The van der Waals surface area contributed by atoms with Gasteiger partial charge in [-0.05, 0) is 37.7 Å². The highest BCUT2D eigenvalue weighted by Crippen LogP contribution is 2.25. The maximum absolute atomic E-state index is 8.97. The molecule has 0 bridgehead atoms. The highest BCUT2D eigenvalue weighted by Gasteiger charge is 2.27. The maximum atomic E-state index is 8.97. The molecule has 1 aliphatic carbocycles. The predicted molar refractivity (Wildman–Crippen MR) is 67.0 cm³/mol. The second-order valence-corrected chi connectivity index (χ2v) is 5.72. The molecule has 0 aliphatic heterocycles. The summed E-state index contributed by atoms with van der Waals surface area (Å²) in [5.74, 6) is 2.69. The topological polar surface area (TPSA) is 35.8 Å². The van der Waals surface area contributed by atoms with E-state index in [0.717, 1.165) is 6.42 Å². The Bertz CT molecular complexity index is 212. The van der Waals surface area contributed by atoms with E-state index in [9.17, 15) is 0 Å². The molecule has 0 radical (unpaired) electrons. The van der Waals surface area contributed by atoms with Crippen molar-refractivity contribution in [3.63, 3.8) is 0 Å². The van der Waals surface area contributed by atoms with Crippen LogP contribution in [0.5, 0.6) is 0 Å². The molecule has 3 heteroatoms. The molecule has 1 fully saturated rings. The summed E-state index contributed by atoms with van der Waals surface area (Å²) < 4.78 is 0. The van der Waals surface area contributed by atoms with E-state index in [1.807, 2.05) is 11.8 Å². The number of rotatable bonds is 6. The third-order valence-electron chi connectivity index (χ3n) is 3.08. The van der Waals surface area contributed by atoms with Gasteiger partial charge in [0.15, 0.2) is 0 Å². The third kappa shape index (κ3) is 4.44. The van der Waals surface area contributed by atoms with Crippen LogP contribution >= 0.6 is 11.8 Å². The van der Waals surface area contributed by atoms with E-state index in [0.29, 0.717) is 12.1 Å². The fourth-order valence-electron chi connectivity index (χ4n) is 2.17. The van der Waals surface area contributed by atoms with E-state index in [-0.39, 0.29) is 5.92 Å². The van der Waals surface area contributed by atoms with Crippen LogP contribution < -0.4 is 5.32 Å². The first-order valence-corrected chi connectivity index (χ1v) is 7.16. The van der Waals surface area contributed by atoms with E-state index in [2.05, 4.69) is 25.2 Å². The Morgan fingerprint density at radius 2 is 2.33 bits per heavy atom. The van der Waals surface area contributed by atoms with Crippen molar-refractivity contribution in [3.8, 4) is 6.07 Å². The lowest BCUT2D eigenvalue weighted by molar-refractivity contribution is 0.405. The minimum Gasteiger partial charge on any atom is -0.310 e. The molecule has 2 nitrogen and oxygen atoms in total. The van der Waals surface area contributed by atoms with E-state index in [4.69, 9.17) is 5.26 Å². The van der Waals surface area contributed by atoms with Crippen LogP contribution in [0.4, 0.5) is 0 Å². The second-order valence-electron chi connectivity index (χ2n) is 4.33. The smallest absolute Gasteiger partial charge is 0.0672 e. The van der Waals surface area contributed by atoms with Crippen LogP contribution in [0.3, 0.4) is 0 Å². The fraction of sp³-hybridized carbons (Fsp3) is 0.917. The first-order valence-electron chi connectivity index (χ1n) is 6.01. The molecule has 15 heavy (non-hydrogen) atoms. The Hall–Kier alpha value is -0.200. The van der Waals surface area contributed by atoms with Gasteiger partial charge in [0.05, 0.1) is 12.0 Å². The highest BCUT2D eigenvalue weighted by atomic mass is 32.2. The van der Waals surface area contributed by atoms with Crippen molar-refractivity contribution in [2.24, 2.45) is 5.92 Å². The first kappa shape index (κ1) is 12.9. The standard InChI is InChI=1S/C12H22N2S/c1-3-15-8-7-10(2)14-12-6-4-5-11(12)9-13/h10-12,14H,3-8H2,1-2H3.